The summed E-state index contributed by atoms with van der Waals surface area (Å²) in [5.41, 5.74) is 0.222. The molecule has 7 nitrogen and oxygen atoms in total. The van der Waals surface area contributed by atoms with Crippen LogP contribution >= 0.6 is 11.6 Å². The van der Waals surface area contributed by atoms with Gasteiger partial charge in [0.1, 0.15) is 5.69 Å². The molecule has 0 amide bonds. The van der Waals surface area contributed by atoms with Crippen molar-refractivity contribution in [3.8, 4) is 5.69 Å². The number of aromatic nitrogens is 2. The van der Waals surface area contributed by atoms with Crippen molar-refractivity contribution >= 4 is 23.3 Å². The quantitative estimate of drug-likeness (QED) is 0.688. The van der Waals surface area contributed by atoms with E-state index in [-0.39, 0.29) is 22.1 Å². The van der Waals surface area contributed by atoms with Crippen molar-refractivity contribution in [3.05, 3.63) is 50.8 Å². The first kappa shape index (κ1) is 13.0. The van der Waals surface area contributed by atoms with E-state index in [1.165, 1.54) is 28.9 Å². The zero-order valence-electron chi connectivity index (χ0n) is 9.70. The Morgan fingerprint density at radius 3 is 2.68 bits per heavy atom. The molecular weight excluding hydrogens is 274 g/mol. The molecular formula is C11H8ClN3O4. The molecule has 1 N–H and O–H groups in total. The van der Waals surface area contributed by atoms with E-state index in [0.717, 1.165) is 0 Å². The van der Waals surface area contributed by atoms with Gasteiger partial charge in [-0.3, -0.25) is 10.1 Å². The Kier molecular flexibility index (Phi) is 3.22. The van der Waals surface area contributed by atoms with Gasteiger partial charge in [0.15, 0.2) is 5.69 Å². The molecule has 1 heterocycles. The van der Waals surface area contributed by atoms with Crippen LogP contribution in [-0.4, -0.2) is 25.8 Å². The molecule has 1 aromatic carbocycles. The Balaban J connectivity index is 2.65. The standard InChI is InChI=1S/C11H8ClN3O4/c1-6-4-8(11(16)17)13-14(6)9-3-2-7(12)5-10(9)15(18)19/h2-5H,1H3,(H,16,17). The number of aryl methyl sites for hydroxylation is 1. The molecule has 0 fully saturated rings. The molecule has 19 heavy (non-hydrogen) atoms. The maximum absolute atomic E-state index is 11.0. The van der Waals surface area contributed by atoms with Crippen molar-refractivity contribution in [3.63, 3.8) is 0 Å². The van der Waals surface area contributed by atoms with Gasteiger partial charge in [-0.2, -0.15) is 5.10 Å². The van der Waals surface area contributed by atoms with Gasteiger partial charge in [0.2, 0.25) is 0 Å². The lowest BCUT2D eigenvalue weighted by Crippen LogP contribution is -2.05. The van der Waals surface area contributed by atoms with E-state index in [4.69, 9.17) is 16.7 Å². The number of aromatic carboxylic acids is 1. The number of nitro benzene ring substituents is 1. The third kappa shape index (κ3) is 2.41. The van der Waals surface area contributed by atoms with Crippen LogP contribution in [0.1, 0.15) is 16.2 Å². The fourth-order valence-electron chi connectivity index (χ4n) is 1.64. The summed E-state index contributed by atoms with van der Waals surface area (Å²) in [7, 11) is 0. The second kappa shape index (κ2) is 4.69. The van der Waals surface area contributed by atoms with E-state index in [1.807, 2.05) is 0 Å². The molecule has 98 valence electrons. The highest BCUT2D eigenvalue weighted by atomic mass is 35.5. The Morgan fingerprint density at radius 2 is 2.16 bits per heavy atom. The van der Waals surface area contributed by atoms with E-state index in [9.17, 15) is 14.9 Å². The van der Waals surface area contributed by atoms with Gasteiger partial charge in [0.05, 0.1) is 4.92 Å². The van der Waals surface area contributed by atoms with Crippen LogP contribution in [-0.2, 0) is 0 Å². The number of carbonyl (C=O) groups is 1. The minimum atomic E-state index is -1.20. The SMILES string of the molecule is Cc1cc(C(=O)O)nn1-c1ccc(Cl)cc1[N+](=O)[O-]. The number of benzene rings is 1. The van der Waals surface area contributed by atoms with E-state index in [1.54, 1.807) is 6.92 Å². The van der Waals surface area contributed by atoms with Crippen LogP contribution < -0.4 is 0 Å². The smallest absolute Gasteiger partial charge is 0.356 e. The first-order chi connectivity index (χ1) is 8.90. The maximum atomic E-state index is 11.0. The Bertz CT molecular complexity index is 681. The number of hydrogen-bond donors (Lipinski definition) is 1. The van der Waals surface area contributed by atoms with Crippen LogP contribution in [0.25, 0.3) is 5.69 Å². The molecule has 2 aromatic rings. The molecule has 0 bridgehead atoms. The molecule has 0 atom stereocenters. The van der Waals surface area contributed by atoms with Crippen molar-refractivity contribution < 1.29 is 14.8 Å². The van der Waals surface area contributed by atoms with Crippen LogP contribution in [0.15, 0.2) is 24.3 Å². The average Bonchev–Trinajstić information content (AvgIpc) is 2.71. The highest BCUT2D eigenvalue weighted by Gasteiger charge is 2.20. The number of rotatable bonds is 3. The fourth-order valence-corrected chi connectivity index (χ4v) is 1.81. The highest BCUT2D eigenvalue weighted by molar-refractivity contribution is 6.30. The van der Waals surface area contributed by atoms with Gasteiger partial charge in [-0.1, -0.05) is 11.6 Å². The summed E-state index contributed by atoms with van der Waals surface area (Å²) in [6.45, 7) is 1.61. The highest BCUT2D eigenvalue weighted by Crippen LogP contribution is 2.27. The summed E-state index contributed by atoms with van der Waals surface area (Å²) >= 11 is 5.72. The van der Waals surface area contributed by atoms with Crippen LogP contribution in [0.5, 0.6) is 0 Å². The molecule has 2 rings (SSSR count). The summed E-state index contributed by atoms with van der Waals surface area (Å²) in [6, 6.07) is 5.43. The van der Waals surface area contributed by atoms with E-state index >= 15 is 0 Å². The number of carboxylic acid groups (broad SMARTS) is 1. The number of carboxylic acids is 1. The number of nitrogens with zero attached hydrogens (tertiary/aromatic N) is 3. The van der Waals surface area contributed by atoms with Crippen molar-refractivity contribution in [2.45, 2.75) is 6.92 Å². The zero-order chi connectivity index (χ0) is 14.2. The minimum absolute atomic E-state index is 0.166. The van der Waals surface area contributed by atoms with Crippen LogP contribution in [0.3, 0.4) is 0 Å². The van der Waals surface area contributed by atoms with Crippen LogP contribution in [0.4, 0.5) is 5.69 Å². The molecule has 8 heteroatoms. The first-order valence-corrected chi connectivity index (χ1v) is 5.52. The summed E-state index contributed by atoms with van der Waals surface area (Å²) in [5, 5.41) is 23.9. The van der Waals surface area contributed by atoms with Crippen molar-refractivity contribution in [2.75, 3.05) is 0 Å². The third-order valence-electron chi connectivity index (χ3n) is 2.47. The normalized spacial score (nSPS) is 10.4. The predicted molar refractivity (Wildman–Crippen MR) is 66.9 cm³/mol. The van der Waals surface area contributed by atoms with Crippen molar-refractivity contribution in [1.82, 2.24) is 9.78 Å². The van der Waals surface area contributed by atoms with E-state index in [2.05, 4.69) is 5.10 Å². The van der Waals surface area contributed by atoms with Crippen molar-refractivity contribution in [1.29, 1.82) is 0 Å². The molecule has 0 aliphatic carbocycles. The molecule has 0 aliphatic heterocycles. The molecule has 0 spiro atoms. The Hall–Kier alpha value is -2.41. The maximum Gasteiger partial charge on any atom is 0.356 e. The van der Waals surface area contributed by atoms with Gasteiger partial charge in [-0.05, 0) is 25.1 Å². The number of hydrogen-bond acceptors (Lipinski definition) is 4. The first-order valence-electron chi connectivity index (χ1n) is 5.14. The summed E-state index contributed by atoms with van der Waals surface area (Å²) in [4.78, 5) is 21.2. The summed E-state index contributed by atoms with van der Waals surface area (Å²) < 4.78 is 1.21. The van der Waals surface area contributed by atoms with E-state index < -0.39 is 10.9 Å². The monoisotopic (exact) mass is 281 g/mol. The Labute approximate surface area is 112 Å². The lowest BCUT2D eigenvalue weighted by atomic mass is 10.2. The predicted octanol–water partition coefficient (Wildman–Crippen LogP) is 2.44. The third-order valence-corrected chi connectivity index (χ3v) is 2.70. The van der Waals surface area contributed by atoms with Crippen LogP contribution in [0, 0.1) is 17.0 Å². The van der Waals surface area contributed by atoms with Crippen molar-refractivity contribution in [2.24, 2.45) is 0 Å². The lowest BCUT2D eigenvalue weighted by molar-refractivity contribution is -0.384. The molecule has 0 unspecified atom stereocenters. The number of halogens is 1. The van der Waals surface area contributed by atoms with E-state index in [0.29, 0.717) is 5.69 Å². The summed E-state index contributed by atoms with van der Waals surface area (Å²) in [6.07, 6.45) is 0. The van der Waals surface area contributed by atoms with Gasteiger partial charge in [0, 0.05) is 16.8 Å². The van der Waals surface area contributed by atoms with Gasteiger partial charge < -0.3 is 5.11 Å². The number of nitro groups is 1. The average molecular weight is 282 g/mol. The Morgan fingerprint density at radius 1 is 1.47 bits per heavy atom. The molecule has 1 aromatic heterocycles. The topological polar surface area (TPSA) is 98.3 Å². The van der Waals surface area contributed by atoms with Crippen LogP contribution in [0.2, 0.25) is 5.02 Å². The van der Waals surface area contributed by atoms with Gasteiger partial charge in [-0.25, -0.2) is 9.48 Å². The molecule has 0 radical (unpaired) electrons. The second-order valence-corrected chi connectivity index (χ2v) is 4.21. The molecule has 0 saturated carbocycles. The fraction of sp³-hybridized carbons (Fsp3) is 0.0909. The molecule has 0 saturated heterocycles. The largest absolute Gasteiger partial charge is 0.476 e. The van der Waals surface area contributed by atoms with Gasteiger partial charge >= 0.3 is 5.97 Å². The minimum Gasteiger partial charge on any atom is -0.476 e. The molecule has 0 aliphatic rings. The zero-order valence-corrected chi connectivity index (χ0v) is 10.5. The lowest BCUT2D eigenvalue weighted by Gasteiger charge is -2.05. The summed E-state index contributed by atoms with van der Waals surface area (Å²) in [5.74, 6) is -1.20. The van der Waals surface area contributed by atoms with Gasteiger partial charge in [-0.15, -0.1) is 0 Å². The second-order valence-electron chi connectivity index (χ2n) is 3.78. The van der Waals surface area contributed by atoms with Gasteiger partial charge in [0.25, 0.3) is 5.69 Å².